The molecular formula is C18H28N2O. The smallest absolute Gasteiger partial charge is 0.123 e. The highest BCUT2D eigenvalue weighted by molar-refractivity contribution is 5.37. The molecule has 1 aromatic carbocycles. The second-order valence-electron chi connectivity index (χ2n) is 6.93. The third kappa shape index (κ3) is 3.98. The van der Waals surface area contributed by atoms with Crippen LogP contribution in [-0.4, -0.2) is 43.2 Å². The normalized spacial score (nSPS) is 23.3. The summed E-state index contributed by atoms with van der Waals surface area (Å²) in [5, 5.41) is 3.72. The number of hydrogen-bond donors (Lipinski definition) is 1. The first-order valence-electron chi connectivity index (χ1n) is 8.41. The highest BCUT2D eigenvalue weighted by Gasteiger charge is 2.24. The van der Waals surface area contributed by atoms with Gasteiger partial charge in [0, 0.05) is 25.6 Å². The third-order valence-corrected chi connectivity index (χ3v) is 4.56. The molecule has 116 valence electrons. The molecule has 3 rings (SSSR count). The predicted octanol–water partition coefficient (Wildman–Crippen LogP) is 2.70. The second-order valence-corrected chi connectivity index (χ2v) is 6.93. The van der Waals surface area contributed by atoms with Gasteiger partial charge in [0.15, 0.2) is 0 Å². The van der Waals surface area contributed by atoms with E-state index in [0.717, 1.165) is 24.6 Å². The van der Waals surface area contributed by atoms with E-state index in [1.165, 1.54) is 38.0 Å². The van der Waals surface area contributed by atoms with E-state index in [4.69, 9.17) is 4.74 Å². The van der Waals surface area contributed by atoms with Crippen molar-refractivity contribution >= 4 is 0 Å². The molecule has 1 atom stereocenters. The minimum Gasteiger partial charge on any atom is -0.488 e. The Kier molecular flexibility index (Phi) is 4.81. The molecule has 3 heteroatoms. The van der Waals surface area contributed by atoms with Crippen LogP contribution in [0.2, 0.25) is 0 Å². The Morgan fingerprint density at radius 1 is 1.24 bits per heavy atom. The quantitative estimate of drug-likeness (QED) is 0.901. The van der Waals surface area contributed by atoms with E-state index in [1.54, 1.807) is 0 Å². The first-order valence-corrected chi connectivity index (χ1v) is 8.41. The monoisotopic (exact) mass is 288 g/mol. The Morgan fingerprint density at radius 2 is 2.00 bits per heavy atom. The van der Waals surface area contributed by atoms with E-state index < -0.39 is 0 Å². The van der Waals surface area contributed by atoms with Crippen molar-refractivity contribution in [1.29, 1.82) is 0 Å². The van der Waals surface area contributed by atoms with Gasteiger partial charge in [0.2, 0.25) is 0 Å². The van der Waals surface area contributed by atoms with Crippen molar-refractivity contribution < 1.29 is 4.74 Å². The minimum atomic E-state index is 0.316. The maximum Gasteiger partial charge on any atom is 0.123 e. The van der Waals surface area contributed by atoms with E-state index in [1.807, 2.05) is 0 Å². The van der Waals surface area contributed by atoms with Crippen LogP contribution in [0.5, 0.6) is 5.75 Å². The van der Waals surface area contributed by atoms with Gasteiger partial charge in [0.1, 0.15) is 11.9 Å². The fraction of sp³-hybridized carbons (Fsp3) is 0.667. The Hall–Kier alpha value is -1.06. The lowest BCUT2D eigenvalue weighted by Crippen LogP contribution is -2.46. The summed E-state index contributed by atoms with van der Waals surface area (Å²) in [7, 11) is 0. The van der Waals surface area contributed by atoms with Gasteiger partial charge in [0.05, 0.1) is 0 Å². The van der Waals surface area contributed by atoms with Crippen LogP contribution < -0.4 is 10.1 Å². The summed E-state index contributed by atoms with van der Waals surface area (Å²) >= 11 is 0. The van der Waals surface area contributed by atoms with Crippen LogP contribution in [0.15, 0.2) is 24.3 Å². The van der Waals surface area contributed by atoms with Gasteiger partial charge in [0.25, 0.3) is 0 Å². The molecule has 0 bridgehead atoms. The van der Waals surface area contributed by atoms with Gasteiger partial charge in [-0.3, -0.25) is 0 Å². The highest BCUT2D eigenvalue weighted by Crippen LogP contribution is 2.27. The molecule has 2 aliphatic heterocycles. The molecule has 1 saturated heterocycles. The van der Waals surface area contributed by atoms with Crippen LogP contribution in [0, 0.1) is 5.92 Å². The fourth-order valence-corrected chi connectivity index (χ4v) is 3.50. The van der Waals surface area contributed by atoms with Crippen molar-refractivity contribution in [1.82, 2.24) is 10.2 Å². The van der Waals surface area contributed by atoms with Crippen LogP contribution in [0.1, 0.15) is 32.3 Å². The average Bonchev–Trinajstić information content (AvgIpc) is 2.89. The molecule has 1 N–H and O–H groups in total. The number of nitrogens with zero attached hydrogens (tertiary/aromatic N) is 1. The first kappa shape index (κ1) is 14.9. The Bertz CT molecular complexity index is 427. The van der Waals surface area contributed by atoms with Gasteiger partial charge in [-0.2, -0.15) is 0 Å². The van der Waals surface area contributed by atoms with Crippen molar-refractivity contribution in [3.05, 3.63) is 29.8 Å². The lowest BCUT2D eigenvalue weighted by atomic mass is 10.0. The largest absolute Gasteiger partial charge is 0.488 e. The highest BCUT2D eigenvalue weighted by atomic mass is 16.5. The molecule has 1 unspecified atom stereocenters. The predicted molar refractivity (Wildman–Crippen MR) is 86.9 cm³/mol. The van der Waals surface area contributed by atoms with Crippen LogP contribution in [-0.2, 0) is 6.42 Å². The average molecular weight is 288 g/mol. The van der Waals surface area contributed by atoms with Crippen molar-refractivity contribution in [3.63, 3.8) is 0 Å². The summed E-state index contributed by atoms with van der Waals surface area (Å²) in [5.41, 5.74) is 1.36. The van der Waals surface area contributed by atoms with Gasteiger partial charge in [-0.05, 0) is 43.5 Å². The maximum atomic E-state index is 6.00. The lowest BCUT2D eigenvalue weighted by Gasteiger charge is -2.33. The summed E-state index contributed by atoms with van der Waals surface area (Å²) in [4.78, 5) is 2.60. The van der Waals surface area contributed by atoms with Crippen molar-refractivity contribution in [3.8, 4) is 5.75 Å². The molecule has 0 radical (unpaired) electrons. The van der Waals surface area contributed by atoms with E-state index >= 15 is 0 Å². The van der Waals surface area contributed by atoms with Gasteiger partial charge in [-0.1, -0.05) is 32.0 Å². The molecule has 21 heavy (non-hydrogen) atoms. The Morgan fingerprint density at radius 3 is 2.71 bits per heavy atom. The van der Waals surface area contributed by atoms with E-state index in [9.17, 15) is 0 Å². The lowest BCUT2D eigenvalue weighted by molar-refractivity contribution is 0.166. The number of likely N-dealkylation sites (tertiary alicyclic amines) is 1. The maximum absolute atomic E-state index is 6.00. The van der Waals surface area contributed by atoms with Crippen LogP contribution in [0.25, 0.3) is 0 Å². The number of benzene rings is 1. The SMILES string of the molecule is CC(C)CN1CCC(NCC2Cc3ccccc3O2)CC1. The Labute approximate surface area is 128 Å². The molecule has 0 aliphatic carbocycles. The van der Waals surface area contributed by atoms with Crippen molar-refractivity contribution in [2.75, 3.05) is 26.2 Å². The van der Waals surface area contributed by atoms with Gasteiger partial charge in [-0.15, -0.1) is 0 Å². The molecule has 0 amide bonds. The van der Waals surface area contributed by atoms with Gasteiger partial charge < -0.3 is 15.0 Å². The summed E-state index contributed by atoms with van der Waals surface area (Å²) in [5.74, 6) is 1.86. The summed E-state index contributed by atoms with van der Waals surface area (Å²) < 4.78 is 6.00. The zero-order valence-corrected chi connectivity index (χ0v) is 13.3. The number of hydrogen-bond acceptors (Lipinski definition) is 3. The molecule has 1 fully saturated rings. The van der Waals surface area contributed by atoms with Crippen LogP contribution >= 0.6 is 0 Å². The molecule has 1 aromatic rings. The molecule has 3 nitrogen and oxygen atoms in total. The number of piperidine rings is 1. The zero-order valence-electron chi connectivity index (χ0n) is 13.3. The molecule has 0 spiro atoms. The van der Waals surface area contributed by atoms with Gasteiger partial charge in [-0.25, -0.2) is 0 Å². The number of rotatable bonds is 5. The van der Waals surface area contributed by atoms with Crippen LogP contribution in [0.4, 0.5) is 0 Å². The summed E-state index contributed by atoms with van der Waals surface area (Å²) in [6, 6.07) is 9.09. The van der Waals surface area contributed by atoms with Gasteiger partial charge >= 0.3 is 0 Å². The van der Waals surface area contributed by atoms with E-state index in [-0.39, 0.29) is 0 Å². The van der Waals surface area contributed by atoms with Crippen molar-refractivity contribution in [2.45, 2.75) is 45.3 Å². The zero-order chi connectivity index (χ0) is 14.7. The van der Waals surface area contributed by atoms with E-state index in [0.29, 0.717) is 12.1 Å². The minimum absolute atomic E-state index is 0.316. The summed E-state index contributed by atoms with van der Waals surface area (Å²) in [6.45, 7) is 9.30. The molecule has 2 heterocycles. The number of nitrogens with one attached hydrogen (secondary N) is 1. The number of ether oxygens (including phenoxy) is 1. The van der Waals surface area contributed by atoms with Crippen LogP contribution in [0.3, 0.4) is 0 Å². The molecule has 2 aliphatic rings. The van der Waals surface area contributed by atoms with Crippen molar-refractivity contribution in [2.24, 2.45) is 5.92 Å². The number of fused-ring (bicyclic) bond motifs is 1. The standard InChI is InChI=1S/C18H28N2O/c1-14(2)13-20-9-7-16(8-10-20)19-12-17-11-15-5-3-4-6-18(15)21-17/h3-6,14,16-17,19H,7-13H2,1-2H3. The summed E-state index contributed by atoms with van der Waals surface area (Å²) in [6.07, 6.45) is 3.91. The third-order valence-electron chi connectivity index (χ3n) is 4.56. The second kappa shape index (κ2) is 6.80. The fourth-order valence-electron chi connectivity index (χ4n) is 3.50. The van der Waals surface area contributed by atoms with E-state index in [2.05, 4.69) is 48.3 Å². The molecular weight excluding hydrogens is 260 g/mol. The topological polar surface area (TPSA) is 24.5 Å². The first-order chi connectivity index (χ1) is 10.2. The molecule has 0 saturated carbocycles. The molecule has 0 aromatic heterocycles. The number of para-hydroxylation sites is 1. The Balaban J connectivity index is 1.38.